The van der Waals surface area contributed by atoms with Crippen LogP contribution < -0.4 is 0 Å². The summed E-state index contributed by atoms with van der Waals surface area (Å²) in [5, 5.41) is 0. The van der Waals surface area contributed by atoms with Crippen molar-refractivity contribution in [2.24, 2.45) is 0 Å². The summed E-state index contributed by atoms with van der Waals surface area (Å²) in [6.45, 7) is 0. The van der Waals surface area contributed by atoms with E-state index in [4.69, 9.17) is 0 Å². The van der Waals surface area contributed by atoms with Crippen molar-refractivity contribution in [3.63, 3.8) is 0 Å². The highest BCUT2D eigenvalue weighted by atomic mass is 14.2. The quantitative estimate of drug-likeness (QED) is 0.429. The molecule has 0 aromatic carbocycles. The molecule has 0 nitrogen and oxygen atoms in total. The second-order valence-electron chi connectivity index (χ2n) is 2.22. The standard InChI is InChI=1S/C7H8/c1-2-4-7-5-6(7)3-1/h3,5H,1-2,4H2. The van der Waals surface area contributed by atoms with Gasteiger partial charge in [-0.1, -0.05) is 12.2 Å². The number of fused-ring (bicyclic) bond motifs is 1. The Morgan fingerprint density at radius 3 is 3.00 bits per heavy atom. The van der Waals surface area contributed by atoms with E-state index >= 15 is 0 Å². The van der Waals surface area contributed by atoms with Crippen molar-refractivity contribution in [3.05, 3.63) is 23.3 Å². The summed E-state index contributed by atoms with van der Waals surface area (Å²) in [6.07, 6.45) is 8.67. The molecule has 0 saturated carbocycles. The molecule has 0 aliphatic heterocycles. The largest absolute Gasteiger partial charge is 0.0770 e. The van der Waals surface area contributed by atoms with Crippen molar-refractivity contribution in [2.75, 3.05) is 0 Å². The third-order valence-electron chi connectivity index (χ3n) is 1.63. The zero-order chi connectivity index (χ0) is 4.69. The van der Waals surface area contributed by atoms with Crippen LogP contribution in [-0.2, 0) is 0 Å². The lowest BCUT2D eigenvalue weighted by Crippen LogP contribution is -1.77. The molecule has 0 aromatic rings. The first-order valence-corrected chi connectivity index (χ1v) is 2.88. The minimum absolute atomic E-state index is 1.31. The summed E-state index contributed by atoms with van der Waals surface area (Å²) in [5.74, 6) is 0. The molecule has 2 rings (SSSR count). The second-order valence-corrected chi connectivity index (χ2v) is 2.22. The van der Waals surface area contributed by atoms with Crippen molar-refractivity contribution in [3.8, 4) is 0 Å². The van der Waals surface area contributed by atoms with E-state index in [-0.39, 0.29) is 0 Å². The molecule has 36 valence electrons. The summed E-state index contributed by atoms with van der Waals surface area (Å²) in [5.41, 5.74) is 3.16. The van der Waals surface area contributed by atoms with Gasteiger partial charge in [-0.3, -0.25) is 0 Å². The van der Waals surface area contributed by atoms with Crippen LogP contribution in [0.2, 0.25) is 0 Å². The van der Waals surface area contributed by atoms with E-state index in [1.807, 2.05) is 0 Å². The first-order chi connectivity index (χ1) is 3.47. The minimum atomic E-state index is 1.31. The van der Waals surface area contributed by atoms with Crippen LogP contribution in [0.15, 0.2) is 23.3 Å². The number of hydrogen-bond acceptors (Lipinski definition) is 0. The summed E-state index contributed by atoms with van der Waals surface area (Å²) < 4.78 is 0. The molecule has 0 atom stereocenters. The third-order valence-corrected chi connectivity index (χ3v) is 1.63. The van der Waals surface area contributed by atoms with E-state index in [9.17, 15) is 0 Å². The minimum Gasteiger partial charge on any atom is -0.0770 e. The van der Waals surface area contributed by atoms with Crippen LogP contribution in [0.1, 0.15) is 19.3 Å². The highest BCUT2D eigenvalue weighted by Gasteiger charge is 2.17. The Morgan fingerprint density at radius 2 is 2.43 bits per heavy atom. The van der Waals surface area contributed by atoms with Crippen molar-refractivity contribution in [1.82, 2.24) is 0 Å². The molecule has 0 spiro atoms. The van der Waals surface area contributed by atoms with E-state index in [0.717, 1.165) is 0 Å². The van der Waals surface area contributed by atoms with Crippen molar-refractivity contribution >= 4 is 0 Å². The zero-order valence-electron chi connectivity index (χ0n) is 4.28. The highest BCUT2D eigenvalue weighted by Crippen LogP contribution is 2.36. The normalized spacial score (nSPS) is 25.1. The molecule has 2 aliphatic carbocycles. The van der Waals surface area contributed by atoms with Crippen LogP contribution in [0.4, 0.5) is 0 Å². The Balaban J connectivity index is 2.28. The Labute approximate surface area is 43.5 Å². The van der Waals surface area contributed by atoms with Gasteiger partial charge in [0.15, 0.2) is 0 Å². The fourth-order valence-electron chi connectivity index (χ4n) is 1.11. The van der Waals surface area contributed by atoms with Gasteiger partial charge < -0.3 is 0 Å². The van der Waals surface area contributed by atoms with Crippen LogP contribution >= 0.6 is 0 Å². The molecule has 0 fully saturated rings. The maximum Gasteiger partial charge on any atom is -0.0261 e. The van der Waals surface area contributed by atoms with E-state index in [2.05, 4.69) is 12.2 Å². The molecule has 0 bridgehead atoms. The number of rotatable bonds is 0. The molecular formula is C7H8. The van der Waals surface area contributed by atoms with Crippen molar-refractivity contribution in [1.29, 1.82) is 0 Å². The van der Waals surface area contributed by atoms with E-state index in [0.29, 0.717) is 0 Å². The van der Waals surface area contributed by atoms with Gasteiger partial charge in [0.25, 0.3) is 0 Å². The lowest BCUT2D eigenvalue weighted by molar-refractivity contribution is 0.835. The Hall–Kier alpha value is -0.520. The van der Waals surface area contributed by atoms with Crippen LogP contribution in [0, 0.1) is 0 Å². The smallest absolute Gasteiger partial charge is 0.0261 e. The predicted molar refractivity (Wildman–Crippen MR) is 30.0 cm³/mol. The molecule has 0 saturated heterocycles. The Bertz CT molecular complexity index is 147. The maximum absolute atomic E-state index is 2.33. The summed E-state index contributed by atoms with van der Waals surface area (Å²) in [6, 6.07) is 0. The average Bonchev–Trinajstić information content (AvgIpc) is 2.41. The van der Waals surface area contributed by atoms with Gasteiger partial charge in [-0.25, -0.2) is 0 Å². The topological polar surface area (TPSA) is 0 Å². The van der Waals surface area contributed by atoms with Gasteiger partial charge in [0.2, 0.25) is 0 Å². The number of hydrogen-bond donors (Lipinski definition) is 0. The molecule has 0 heterocycles. The van der Waals surface area contributed by atoms with E-state index in [1.165, 1.54) is 19.3 Å². The van der Waals surface area contributed by atoms with Crippen LogP contribution in [0.25, 0.3) is 0 Å². The van der Waals surface area contributed by atoms with Gasteiger partial charge in [-0.15, -0.1) is 0 Å². The average molecular weight is 92.1 g/mol. The van der Waals surface area contributed by atoms with Crippen LogP contribution in [-0.4, -0.2) is 0 Å². The SMILES string of the molecule is C1=C2C=C2CCC1. The molecule has 0 amide bonds. The molecule has 0 heteroatoms. The van der Waals surface area contributed by atoms with Crippen molar-refractivity contribution in [2.45, 2.75) is 19.3 Å². The lowest BCUT2D eigenvalue weighted by Gasteiger charge is -1.96. The third kappa shape index (κ3) is 0.426. The zero-order valence-corrected chi connectivity index (χ0v) is 4.28. The lowest BCUT2D eigenvalue weighted by atomic mass is 10.1. The Kier molecular flexibility index (Phi) is 0.498. The Morgan fingerprint density at radius 1 is 1.43 bits per heavy atom. The molecule has 0 radical (unpaired) electrons. The first kappa shape index (κ1) is 3.48. The predicted octanol–water partition coefficient (Wildman–Crippen LogP) is 2.04. The fourth-order valence-corrected chi connectivity index (χ4v) is 1.11. The fraction of sp³-hybridized carbons (Fsp3) is 0.429. The molecule has 0 N–H and O–H groups in total. The monoisotopic (exact) mass is 92.1 g/mol. The van der Waals surface area contributed by atoms with Crippen molar-refractivity contribution < 1.29 is 0 Å². The molecule has 0 unspecified atom stereocenters. The molecule has 7 heavy (non-hydrogen) atoms. The van der Waals surface area contributed by atoms with Gasteiger partial charge in [-0.05, 0) is 30.4 Å². The van der Waals surface area contributed by atoms with E-state index in [1.54, 1.807) is 11.1 Å². The summed E-state index contributed by atoms with van der Waals surface area (Å²) >= 11 is 0. The highest BCUT2D eigenvalue weighted by molar-refractivity contribution is 5.58. The second kappa shape index (κ2) is 1.00. The summed E-state index contributed by atoms with van der Waals surface area (Å²) in [7, 11) is 0. The van der Waals surface area contributed by atoms with Crippen LogP contribution in [0.5, 0.6) is 0 Å². The van der Waals surface area contributed by atoms with Gasteiger partial charge in [-0.2, -0.15) is 0 Å². The molecular weight excluding hydrogens is 84.1 g/mol. The molecule has 0 aromatic heterocycles. The van der Waals surface area contributed by atoms with Gasteiger partial charge in [0.05, 0.1) is 0 Å². The molecule has 2 aliphatic rings. The van der Waals surface area contributed by atoms with E-state index < -0.39 is 0 Å². The first-order valence-electron chi connectivity index (χ1n) is 2.88. The summed E-state index contributed by atoms with van der Waals surface area (Å²) in [4.78, 5) is 0. The van der Waals surface area contributed by atoms with Crippen LogP contribution in [0.3, 0.4) is 0 Å². The van der Waals surface area contributed by atoms with Gasteiger partial charge in [0.1, 0.15) is 0 Å². The van der Waals surface area contributed by atoms with Gasteiger partial charge >= 0.3 is 0 Å². The number of allylic oxidation sites excluding steroid dienone is 4. The van der Waals surface area contributed by atoms with Gasteiger partial charge in [0, 0.05) is 0 Å². The maximum atomic E-state index is 2.33.